The monoisotopic (exact) mass is 236 g/mol. The summed E-state index contributed by atoms with van der Waals surface area (Å²) in [5.74, 6) is 0.515. The van der Waals surface area contributed by atoms with E-state index in [9.17, 15) is 5.11 Å². The number of nitrogens with zero attached hydrogens (tertiary/aromatic N) is 1. The van der Waals surface area contributed by atoms with Gasteiger partial charge < -0.3 is 15.0 Å². The Kier molecular flexibility index (Phi) is 4.63. The van der Waals surface area contributed by atoms with Gasteiger partial charge in [-0.3, -0.25) is 0 Å². The first-order chi connectivity index (χ1) is 8.31. The molecule has 0 spiro atoms. The van der Waals surface area contributed by atoms with Gasteiger partial charge in [0, 0.05) is 38.1 Å². The molecular weight excluding hydrogens is 212 g/mol. The summed E-state index contributed by atoms with van der Waals surface area (Å²) in [5.41, 5.74) is 1.36. The minimum absolute atomic E-state index is 0.352. The van der Waals surface area contributed by atoms with Crippen molar-refractivity contribution in [2.24, 2.45) is 5.92 Å². The first-order valence-corrected chi connectivity index (χ1v) is 6.80. The Morgan fingerprint density at radius 2 is 2.35 bits per heavy atom. The molecule has 0 aromatic carbocycles. The van der Waals surface area contributed by atoms with Gasteiger partial charge in [-0.25, -0.2) is 0 Å². The van der Waals surface area contributed by atoms with Crippen molar-refractivity contribution in [2.45, 2.75) is 51.7 Å². The molecule has 2 atom stereocenters. The predicted molar refractivity (Wildman–Crippen MR) is 69.8 cm³/mol. The molecule has 3 nitrogen and oxygen atoms in total. The molecule has 0 radical (unpaired) electrons. The third-order valence-corrected chi connectivity index (χ3v) is 3.81. The van der Waals surface area contributed by atoms with Gasteiger partial charge in [0.1, 0.15) is 0 Å². The van der Waals surface area contributed by atoms with Crippen LogP contribution in [0.5, 0.6) is 0 Å². The van der Waals surface area contributed by atoms with Crippen LogP contribution in [0.15, 0.2) is 18.5 Å². The maximum absolute atomic E-state index is 9.20. The van der Waals surface area contributed by atoms with Crippen LogP contribution in [-0.2, 0) is 13.1 Å². The summed E-state index contributed by atoms with van der Waals surface area (Å²) in [5, 5.41) is 12.8. The molecule has 0 saturated heterocycles. The van der Waals surface area contributed by atoms with Crippen LogP contribution in [-0.4, -0.2) is 22.3 Å². The zero-order valence-electron chi connectivity index (χ0n) is 10.7. The smallest absolute Gasteiger partial charge is 0.0459 e. The number of nitrogens with one attached hydrogen (secondary N) is 1. The quantitative estimate of drug-likeness (QED) is 0.822. The lowest BCUT2D eigenvalue weighted by atomic mass is 9.86. The van der Waals surface area contributed by atoms with Crippen molar-refractivity contribution in [3.05, 3.63) is 24.0 Å². The van der Waals surface area contributed by atoms with Crippen LogP contribution in [0, 0.1) is 5.92 Å². The lowest BCUT2D eigenvalue weighted by molar-refractivity contribution is 0.170. The van der Waals surface area contributed by atoms with Crippen molar-refractivity contribution in [1.29, 1.82) is 0 Å². The summed E-state index contributed by atoms with van der Waals surface area (Å²) in [6, 6.07) is 2.77. The van der Waals surface area contributed by atoms with Crippen molar-refractivity contribution in [1.82, 2.24) is 9.88 Å². The summed E-state index contributed by atoms with van der Waals surface area (Å²) < 4.78 is 2.20. The van der Waals surface area contributed by atoms with Crippen molar-refractivity contribution in [3.63, 3.8) is 0 Å². The summed E-state index contributed by atoms with van der Waals surface area (Å²) in [6.45, 7) is 4.50. The molecule has 1 aromatic heterocycles. The zero-order chi connectivity index (χ0) is 12.1. The van der Waals surface area contributed by atoms with Gasteiger partial charge in [0.2, 0.25) is 0 Å². The molecular formula is C14H24N2O. The molecule has 1 heterocycles. The molecule has 0 amide bonds. The first kappa shape index (κ1) is 12.7. The molecule has 0 aliphatic heterocycles. The van der Waals surface area contributed by atoms with Crippen LogP contribution in [0.25, 0.3) is 0 Å². The molecule has 1 aliphatic carbocycles. The number of hydrogen-bond donors (Lipinski definition) is 2. The van der Waals surface area contributed by atoms with E-state index in [1.165, 1.54) is 24.8 Å². The molecule has 2 N–H and O–H groups in total. The van der Waals surface area contributed by atoms with Crippen molar-refractivity contribution in [2.75, 3.05) is 6.61 Å². The molecule has 1 saturated carbocycles. The maximum Gasteiger partial charge on any atom is 0.0459 e. The molecule has 2 rings (SSSR count). The molecule has 1 fully saturated rings. The molecule has 0 bridgehead atoms. The Balaban J connectivity index is 1.77. The zero-order valence-corrected chi connectivity index (χ0v) is 10.7. The Hall–Kier alpha value is -0.800. The van der Waals surface area contributed by atoms with E-state index in [0.29, 0.717) is 18.6 Å². The van der Waals surface area contributed by atoms with Crippen LogP contribution >= 0.6 is 0 Å². The van der Waals surface area contributed by atoms with Gasteiger partial charge in [-0.15, -0.1) is 0 Å². The van der Waals surface area contributed by atoms with E-state index in [-0.39, 0.29) is 0 Å². The third kappa shape index (κ3) is 3.58. The fourth-order valence-electron chi connectivity index (χ4n) is 2.70. The standard InChI is InChI=1S/C14H24N2O/c1-2-16-7-6-13(10-16)9-15-14-5-3-4-12(8-14)11-17/h6-7,10,12,14-15,17H,2-5,8-9,11H2,1H3. The lowest BCUT2D eigenvalue weighted by Gasteiger charge is -2.28. The van der Waals surface area contributed by atoms with Crippen LogP contribution in [0.4, 0.5) is 0 Å². The topological polar surface area (TPSA) is 37.2 Å². The van der Waals surface area contributed by atoms with Gasteiger partial charge in [-0.05, 0) is 43.7 Å². The van der Waals surface area contributed by atoms with Gasteiger partial charge in [-0.1, -0.05) is 6.42 Å². The van der Waals surface area contributed by atoms with E-state index in [4.69, 9.17) is 0 Å². The predicted octanol–water partition coefficient (Wildman–Crippen LogP) is 2.15. The molecule has 1 aliphatic rings. The number of rotatable bonds is 5. The van der Waals surface area contributed by atoms with E-state index in [1.807, 2.05) is 0 Å². The fraction of sp³-hybridized carbons (Fsp3) is 0.714. The van der Waals surface area contributed by atoms with Crippen molar-refractivity contribution >= 4 is 0 Å². The molecule has 2 unspecified atom stereocenters. The highest BCUT2D eigenvalue weighted by Crippen LogP contribution is 2.23. The van der Waals surface area contributed by atoms with E-state index >= 15 is 0 Å². The van der Waals surface area contributed by atoms with E-state index < -0.39 is 0 Å². The van der Waals surface area contributed by atoms with Gasteiger partial charge in [0.15, 0.2) is 0 Å². The fourth-order valence-corrected chi connectivity index (χ4v) is 2.70. The SMILES string of the molecule is CCn1ccc(CNC2CCCC(CO)C2)c1. The molecule has 17 heavy (non-hydrogen) atoms. The Labute approximate surface area is 104 Å². The van der Waals surface area contributed by atoms with Crippen molar-refractivity contribution in [3.8, 4) is 0 Å². The number of aliphatic hydroxyl groups excluding tert-OH is 1. The average Bonchev–Trinajstić information content (AvgIpc) is 2.84. The van der Waals surface area contributed by atoms with Gasteiger partial charge in [0.25, 0.3) is 0 Å². The van der Waals surface area contributed by atoms with Crippen LogP contribution in [0.2, 0.25) is 0 Å². The lowest BCUT2D eigenvalue weighted by Crippen LogP contribution is -2.34. The van der Waals surface area contributed by atoms with Crippen LogP contribution in [0.3, 0.4) is 0 Å². The van der Waals surface area contributed by atoms with Crippen molar-refractivity contribution < 1.29 is 5.11 Å². The molecule has 1 aromatic rings. The second-order valence-corrected chi connectivity index (χ2v) is 5.14. The summed E-state index contributed by atoms with van der Waals surface area (Å²) in [7, 11) is 0. The molecule has 3 heteroatoms. The number of aliphatic hydroxyl groups is 1. The van der Waals surface area contributed by atoms with Gasteiger partial charge >= 0.3 is 0 Å². The van der Waals surface area contributed by atoms with Gasteiger partial charge in [0.05, 0.1) is 0 Å². The summed E-state index contributed by atoms with van der Waals surface area (Å²) in [6.07, 6.45) is 9.17. The Morgan fingerprint density at radius 3 is 3.06 bits per heavy atom. The third-order valence-electron chi connectivity index (χ3n) is 3.81. The normalized spacial score (nSPS) is 25.1. The number of aromatic nitrogens is 1. The largest absolute Gasteiger partial charge is 0.396 e. The highest BCUT2D eigenvalue weighted by molar-refractivity contribution is 5.10. The van der Waals surface area contributed by atoms with Gasteiger partial charge in [-0.2, -0.15) is 0 Å². The Bertz CT molecular complexity index is 335. The highest BCUT2D eigenvalue weighted by atomic mass is 16.3. The Morgan fingerprint density at radius 1 is 1.47 bits per heavy atom. The molecule has 96 valence electrons. The average molecular weight is 236 g/mol. The summed E-state index contributed by atoms with van der Waals surface area (Å²) in [4.78, 5) is 0. The van der Waals surface area contributed by atoms with E-state index in [2.05, 4.69) is 35.3 Å². The van der Waals surface area contributed by atoms with E-state index in [0.717, 1.165) is 19.5 Å². The second kappa shape index (κ2) is 6.22. The minimum atomic E-state index is 0.352. The summed E-state index contributed by atoms with van der Waals surface area (Å²) >= 11 is 0. The van der Waals surface area contributed by atoms with Crippen LogP contribution < -0.4 is 5.32 Å². The maximum atomic E-state index is 9.20. The highest BCUT2D eigenvalue weighted by Gasteiger charge is 2.20. The number of aryl methyl sites for hydroxylation is 1. The first-order valence-electron chi connectivity index (χ1n) is 6.80. The number of hydrogen-bond acceptors (Lipinski definition) is 2. The van der Waals surface area contributed by atoms with E-state index in [1.54, 1.807) is 0 Å². The van der Waals surface area contributed by atoms with Crippen LogP contribution in [0.1, 0.15) is 38.2 Å². The second-order valence-electron chi connectivity index (χ2n) is 5.14. The minimum Gasteiger partial charge on any atom is -0.396 e.